The van der Waals surface area contributed by atoms with Gasteiger partial charge in [0.05, 0.1) is 23.4 Å². The van der Waals surface area contributed by atoms with Crippen LogP contribution in [0.1, 0.15) is 5.56 Å². The maximum absolute atomic E-state index is 13.7. The lowest BCUT2D eigenvalue weighted by atomic mass is 10.0. The molecule has 0 spiro atoms. The maximum Gasteiger partial charge on any atom is 0.282 e. The summed E-state index contributed by atoms with van der Waals surface area (Å²) in [5.41, 5.74) is 0.818. The second kappa shape index (κ2) is 8.20. The topological polar surface area (TPSA) is 58.6 Å². The van der Waals surface area contributed by atoms with E-state index < -0.39 is 23.4 Å². The molecule has 0 fully saturated rings. The van der Waals surface area contributed by atoms with Gasteiger partial charge in [-0.05, 0) is 54.1 Å². The van der Waals surface area contributed by atoms with Gasteiger partial charge < -0.3 is 10.1 Å². The van der Waals surface area contributed by atoms with Crippen molar-refractivity contribution in [3.05, 3.63) is 94.6 Å². The third-order valence-electron chi connectivity index (χ3n) is 4.70. The Bertz CT molecular complexity index is 1230. The minimum atomic E-state index is -0.658. The smallest absolute Gasteiger partial charge is 0.282 e. The van der Waals surface area contributed by atoms with Crippen LogP contribution in [0.5, 0.6) is 5.75 Å². The third kappa shape index (κ3) is 3.87. The summed E-state index contributed by atoms with van der Waals surface area (Å²) in [5.74, 6) is -1.90. The highest BCUT2D eigenvalue weighted by Crippen LogP contribution is 2.36. The molecular weight excluding hydrogens is 426 g/mol. The Balaban J connectivity index is 1.81. The number of hydrogen-bond donors (Lipinski definition) is 1. The molecule has 31 heavy (non-hydrogen) atoms. The number of amides is 2. The number of benzene rings is 3. The van der Waals surface area contributed by atoms with E-state index in [9.17, 15) is 18.4 Å². The van der Waals surface area contributed by atoms with Crippen LogP contribution < -0.4 is 15.0 Å². The fourth-order valence-electron chi connectivity index (χ4n) is 3.27. The summed E-state index contributed by atoms with van der Waals surface area (Å²) < 4.78 is 32.2. The number of hydrogen-bond acceptors (Lipinski definition) is 4. The summed E-state index contributed by atoms with van der Waals surface area (Å²) in [6, 6.07) is 15.1. The zero-order chi connectivity index (χ0) is 22.1. The number of carbonyl (C=O) groups is 2. The highest BCUT2D eigenvalue weighted by Gasteiger charge is 2.40. The molecule has 0 unspecified atom stereocenters. The fraction of sp³-hybridized carbons (Fsp3) is 0.0435. The molecule has 0 aromatic heterocycles. The van der Waals surface area contributed by atoms with Crippen molar-refractivity contribution < 1.29 is 23.1 Å². The molecule has 0 radical (unpaired) electrons. The molecule has 0 bridgehead atoms. The Morgan fingerprint density at radius 1 is 0.903 bits per heavy atom. The van der Waals surface area contributed by atoms with Gasteiger partial charge in [0.25, 0.3) is 11.8 Å². The number of nitrogens with one attached hydrogen (secondary N) is 1. The summed E-state index contributed by atoms with van der Waals surface area (Å²) in [4.78, 5) is 27.5. The Hall–Kier alpha value is -3.71. The average Bonchev–Trinajstić information content (AvgIpc) is 2.98. The molecule has 3 aromatic rings. The number of halogens is 3. The van der Waals surface area contributed by atoms with E-state index in [0.717, 1.165) is 4.90 Å². The van der Waals surface area contributed by atoms with Gasteiger partial charge in [-0.2, -0.15) is 0 Å². The van der Waals surface area contributed by atoms with Crippen molar-refractivity contribution in [3.63, 3.8) is 0 Å². The molecule has 1 N–H and O–H groups in total. The van der Waals surface area contributed by atoms with E-state index in [1.807, 2.05) is 0 Å². The van der Waals surface area contributed by atoms with Crippen LogP contribution in [0.15, 0.2) is 72.4 Å². The second-order valence-electron chi connectivity index (χ2n) is 6.66. The molecule has 2 amide bonds. The minimum absolute atomic E-state index is 0.0289. The van der Waals surface area contributed by atoms with Crippen molar-refractivity contribution in [3.8, 4) is 5.75 Å². The summed E-state index contributed by atoms with van der Waals surface area (Å²) in [6.45, 7) is 0. The standard InChI is InChI=1S/C23H15ClF2N2O3/c1-31-19-10-9-17(12-18(19)24)28-22(29)20(13-5-7-14(25)8-6-13)21(23(28)30)27-16-4-2-3-15(26)11-16/h2-12,27H,1H3. The fourth-order valence-corrected chi connectivity index (χ4v) is 3.52. The van der Waals surface area contributed by atoms with Crippen LogP contribution in [0.25, 0.3) is 5.57 Å². The minimum Gasteiger partial charge on any atom is -0.495 e. The number of carbonyl (C=O) groups excluding carboxylic acids is 2. The zero-order valence-electron chi connectivity index (χ0n) is 16.2. The average molecular weight is 441 g/mol. The molecular formula is C23H15ClF2N2O3. The van der Waals surface area contributed by atoms with Crippen LogP contribution in [0.4, 0.5) is 20.2 Å². The molecule has 1 aliphatic heterocycles. The summed E-state index contributed by atoms with van der Waals surface area (Å²) in [6.07, 6.45) is 0. The first-order valence-corrected chi connectivity index (χ1v) is 9.52. The number of nitrogens with zero attached hydrogens (tertiary/aromatic N) is 1. The summed E-state index contributed by atoms with van der Waals surface area (Å²) in [5, 5.41) is 3.06. The van der Waals surface area contributed by atoms with Gasteiger partial charge in [-0.3, -0.25) is 9.59 Å². The van der Waals surface area contributed by atoms with Gasteiger partial charge in [0.1, 0.15) is 23.1 Å². The Kier molecular flexibility index (Phi) is 5.44. The molecule has 0 atom stereocenters. The monoisotopic (exact) mass is 440 g/mol. The maximum atomic E-state index is 13.7. The van der Waals surface area contributed by atoms with E-state index in [-0.39, 0.29) is 27.7 Å². The van der Waals surface area contributed by atoms with E-state index in [4.69, 9.17) is 16.3 Å². The third-order valence-corrected chi connectivity index (χ3v) is 5.00. The van der Waals surface area contributed by atoms with Gasteiger partial charge in [0.2, 0.25) is 0 Å². The quantitative estimate of drug-likeness (QED) is 0.566. The first-order valence-electron chi connectivity index (χ1n) is 9.14. The molecule has 1 heterocycles. The van der Waals surface area contributed by atoms with Gasteiger partial charge in [0, 0.05) is 5.69 Å². The predicted octanol–water partition coefficient (Wildman–Crippen LogP) is 5.02. The summed E-state index contributed by atoms with van der Waals surface area (Å²) in [7, 11) is 1.45. The largest absolute Gasteiger partial charge is 0.495 e. The number of anilines is 2. The molecule has 8 heteroatoms. The van der Waals surface area contributed by atoms with Gasteiger partial charge in [0.15, 0.2) is 0 Å². The first kappa shape index (κ1) is 20.6. The number of rotatable bonds is 5. The molecule has 0 aliphatic carbocycles. The van der Waals surface area contributed by atoms with Gasteiger partial charge >= 0.3 is 0 Å². The molecule has 0 saturated carbocycles. The van der Waals surface area contributed by atoms with Crippen LogP contribution in [-0.4, -0.2) is 18.9 Å². The van der Waals surface area contributed by atoms with Crippen LogP contribution in [0.3, 0.4) is 0 Å². The van der Waals surface area contributed by atoms with Crippen molar-refractivity contribution in [2.75, 3.05) is 17.3 Å². The summed E-state index contributed by atoms with van der Waals surface area (Å²) >= 11 is 6.17. The van der Waals surface area contributed by atoms with E-state index >= 15 is 0 Å². The van der Waals surface area contributed by atoms with E-state index in [1.54, 1.807) is 6.07 Å². The number of ether oxygens (including phenoxy) is 1. The lowest BCUT2D eigenvalue weighted by molar-refractivity contribution is -0.120. The highest BCUT2D eigenvalue weighted by molar-refractivity contribution is 6.46. The Morgan fingerprint density at radius 3 is 2.29 bits per heavy atom. The van der Waals surface area contributed by atoms with Crippen molar-refractivity contribution in [1.82, 2.24) is 0 Å². The van der Waals surface area contributed by atoms with Crippen molar-refractivity contribution in [2.24, 2.45) is 0 Å². The van der Waals surface area contributed by atoms with Crippen LogP contribution >= 0.6 is 11.6 Å². The molecule has 0 saturated heterocycles. The van der Waals surface area contributed by atoms with E-state index in [0.29, 0.717) is 11.3 Å². The van der Waals surface area contributed by atoms with E-state index in [2.05, 4.69) is 5.32 Å². The van der Waals surface area contributed by atoms with Crippen molar-refractivity contribution in [1.29, 1.82) is 0 Å². The van der Waals surface area contributed by atoms with Gasteiger partial charge in [-0.1, -0.05) is 29.8 Å². The molecule has 156 valence electrons. The van der Waals surface area contributed by atoms with Crippen LogP contribution in [-0.2, 0) is 9.59 Å². The Morgan fingerprint density at radius 2 is 1.65 bits per heavy atom. The molecule has 4 rings (SSSR count). The number of methoxy groups -OCH3 is 1. The Labute approximate surface area is 181 Å². The van der Waals surface area contributed by atoms with Crippen LogP contribution in [0.2, 0.25) is 5.02 Å². The van der Waals surface area contributed by atoms with Crippen molar-refractivity contribution >= 4 is 40.4 Å². The van der Waals surface area contributed by atoms with Crippen LogP contribution in [0, 0.1) is 11.6 Å². The SMILES string of the molecule is COc1ccc(N2C(=O)C(Nc3cccc(F)c3)=C(c3ccc(F)cc3)C2=O)cc1Cl. The zero-order valence-corrected chi connectivity index (χ0v) is 16.9. The lowest BCUT2D eigenvalue weighted by Gasteiger charge is -2.16. The predicted molar refractivity (Wildman–Crippen MR) is 114 cm³/mol. The molecule has 1 aliphatic rings. The van der Waals surface area contributed by atoms with E-state index in [1.165, 1.54) is 67.8 Å². The lowest BCUT2D eigenvalue weighted by Crippen LogP contribution is -2.32. The first-order chi connectivity index (χ1) is 14.9. The highest BCUT2D eigenvalue weighted by atomic mass is 35.5. The van der Waals surface area contributed by atoms with Gasteiger partial charge in [-0.25, -0.2) is 13.7 Å². The molecule has 5 nitrogen and oxygen atoms in total. The van der Waals surface area contributed by atoms with Gasteiger partial charge in [-0.15, -0.1) is 0 Å². The van der Waals surface area contributed by atoms with Crippen molar-refractivity contribution in [2.45, 2.75) is 0 Å². The normalized spacial score (nSPS) is 13.7. The molecule has 3 aromatic carbocycles. The number of imide groups is 1. The second-order valence-corrected chi connectivity index (χ2v) is 7.06.